The molecule has 37 heavy (non-hydrogen) atoms. The number of benzene rings is 2. The number of pyridine rings is 1. The number of primary amides is 1. The Labute approximate surface area is 216 Å². The monoisotopic (exact) mass is 494 g/mol. The van der Waals surface area contributed by atoms with E-state index < -0.39 is 0 Å². The molecule has 1 atom stereocenters. The molecule has 188 valence electrons. The highest BCUT2D eigenvalue weighted by Crippen LogP contribution is 2.23. The summed E-state index contributed by atoms with van der Waals surface area (Å²) in [6, 6.07) is 21.6. The van der Waals surface area contributed by atoms with Gasteiger partial charge < -0.3 is 11.1 Å². The third kappa shape index (κ3) is 5.92. The van der Waals surface area contributed by atoms with Gasteiger partial charge in [-0.25, -0.2) is 4.68 Å². The molecule has 1 aliphatic rings. The van der Waals surface area contributed by atoms with Gasteiger partial charge in [-0.1, -0.05) is 42.5 Å². The highest BCUT2D eigenvalue weighted by atomic mass is 16.2. The molecule has 1 fully saturated rings. The zero-order valence-corrected chi connectivity index (χ0v) is 20.6. The van der Waals surface area contributed by atoms with E-state index in [2.05, 4.69) is 27.3 Å². The summed E-state index contributed by atoms with van der Waals surface area (Å²) in [5, 5.41) is 7.76. The van der Waals surface area contributed by atoms with Crippen LogP contribution in [0.4, 0.5) is 0 Å². The number of carbonyl (C=O) groups excluding carboxylic acids is 2. The molecule has 2 aromatic heterocycles. The van der Waals surface area contributed by atoms with Crippen LogP contribution in [0.2, 0.25) is 0 Å². The van der Waals surface area contributed by atoms with Crippen molar-refractivity contribution in [3.63, 3.8) is 0 Å². The van der Waals surface area contributed by atoms with E-state index in [0.29, 0.717) is 24.3 Å². The number of para-hydroxylation sites is 1. The van der Waals surface area contributed by atoms with Crippen LogP contribution >= 0.6 is 0 Å². The van der Waals surface area contributed by atoms with Crippen molar-refractivity contribution in [2.45, 2.75) is 25.9 Å². The number of hydrogen-bond acceptors (Lipinski definition) is 5. The minimum atomic E-state index is -0.220. The normalized spacial score (nSPS) is 15.8. The molecule has 0 bridgehead atoms. The van der Waals surface area contributed by atoms with Gasteiger partial charge in [0.1, 0.15) is 5.69 Å². The predicted molar refractivity (Wildman–Crippen MR) is 142 cm³/mol. The maximum absolute atomic E-state index is 13.3. The zero-order chi connectivity index (χ0) is 25.6. The highest BCUT2D eigenvalue weighted by molar-refractivity contribution is 5.99. The topological polar surface area (TPSA) is 106 Å². The Bertz CT molecular complexity index is 1370. The number of aromatic nitrogens is 3. The van der Waals surface area contributed by atoms with Crippen molar-refractivity contribution in [2.24, 2.45) is 11.7 Å². The quantitative estimate of drug-likeness (QED) is 0.390. The van der Waals surface area contributed by atoms with E-state index in [0.717, 1.165) is 48.3 Å². The van der Waals surface area contributed by atoms with Gasteiger partial charge in [0.25, 0.3) is 5.91 Å². The Balaban J connectivity index is 1.30. The molecule has 0 aliphatic carbocycles. The van der Waals surface area contributed by atoms with Crippen molar-refractivity contribution in [3.8, 4) is 16.9 Å². The Hall–Kier alpha value is -4.30. The first-order valence-corrected chi connectivity index (χ1v) is 12.5. The molecule has 0 saturated carbocycles. The molecular weight excluding hydrogens is 464 g/mol. The summed E-state index contributed by atoms with van der Waals surface area (Å²) in [5.41, 5.74) is 10.4. The predicted octanol–water partition coefficient (Wildman–Crippen LogP) is 3.56. The second-order valence-electron chi connectivity index (χ2n) is 9.39. The van der Waals surface area contributed by atoms with E-state index in [1.807, 2.05) is 54.6 Å². The molecule has 8 nitrogen and oxygen atoms in total. The number of nitrogens with one attached hydrogen (secondary N) is 1. The average Bonchev–Trinajstić information content (AvgIpc) is 3.39. The molecule has 0 radical (unpaired) electrons. The fourth-order valence-corrected chi connectivity index (χ4v) is 4.77. The number of hydrogen-bond donors (Lipinski definition) is 2. The van der Waals surface area contributed by atoms with E-state index >= 15 is 0 Å². The molecule has 0 spiro atoms. The number of carbonyl (C=O) groups is 2. The van der Waals surface area contributed by atoms with Crippen molar-refractivity contribution in [2.75, 3.05) is 13.1 Å². The summed E-state index contributed by atoms with van der Waals surface area (Å²) in [6.45, 7) is 2.78. The van der Waals surface area contributed by atoms with E-state index in [-0.39, 0.29) is 17.7 Å². The summed E-state index contributed by atoms with van der Waals surface area (Å²) in [4.78, 5) is 31.4. The maximum Gasteiger partial charge on any atom is 0.255 e. The second kappa shape index (κ2) is 11.2. The SMILES string of the molecule is NC(=O)C1CCCN(Cc2cccc(CNC(=O)c3cn(-c4ccccc4)nc3-c3cccnc3)c2)C1. The van der Waals surface area contributed by atoms with Gasteiger partial charge in [-0.05, 0) is 54.8 Å². The van der Waals surface area contributed by atoms with Crippen LogP contribution in [-0.2, 0) is 17.9 Å². The lowest BCUT2D eigenvalue weighted by molar-refractivity contribution is -0.123. The summed E-state index contributed by atoms with van der Waals surface area (Å²) < 4.78 is 1.72. The third-order valence-corrected chi connectivity index (χ3v) is 6.67. The molecule has 4 aromatic rings. The number of rotatable bonds is 8. The van der Waals surface area contributed by atoms with Crippen LogP contribution in [0.15, 0.2) is 85.3 Å². The maximum atomic E-state index is 13.3. The highest BCUT2D eigenvalue weighted by Gasteiger charge is 2.24. The van der Waals surface area contributed by atoms with E-state index in [4.69, 9.17) is 10.8 Å². The standard InChI is InChI=1S/C29H30N6O2/c30-28(36)24-10-6-14-34(19-24)18-22-8-4-7-21(15-22)16-32-29(37)26-20-35(25-11-2-1-3-12-25)33-27(26)23-9-5-13-31-17-23/h1-5,7-9,11-13,15,17,20,24H,6,10,14,16,18-19H2,(H2,30,36)(H,32,37). The minimum Gasteiger partial charge on any atom is -0.369 e. The fourth-order valence-electron chi connectivity index (χ4n) is 4.77. The van der Waals surface area contributed by atoms with Gasteiger partial charge in [0.15, 0.2) is 0 Å². The van der Waals surface area contributed by atoms with E-state index in [9.17, 15) is 9.59 Å². The van der Waals surface area contributed by atoms with Crippen molar-refractivity contribution >= 4 is 11.8 Å². The van der Waals surface area contributed by atoms with Gasteiger partial charge in [0.05, 0.1) is 17.2 Å². The smallest absolute Gasteiger partial charge is 0.255 e. The lowest BCUT2D eigenvalue weighted by Gasteiger charge is -2.31. The second-order valence-corrected chi connectivity index (χ2v) is 9.39. The summed E-state index contributed by atoms with van der Waals surface area (Å²) in [7, 11) is 0. The van der Waals surface area contributed by atoms with Crippen molar-refractivity contribution in [1.29, 1.82) is 0 Å². The summed E-state index contributed by atoms with van der Waals surface area (Å²) >= 11 is 0. The summed E-state index contributed by atoms with van der Waals surface area (Å²) in [5.74, 6) is -0.504. The third-order valence-electron chi connectivity index (χ3n) is 6.67. The van der Waals surface area contributed by atoms with Gasteiger partial charge in [0, 0.05) is 43.8 Å². The first-order valence-electron chi connectivity index (χ1n) is 12.5. The van der Waals surface area contributed by atoms with Crippen LogP contribution in [0, 0.1) is 5.92 Å². The van der Waals surface area contributed by atoms with Crippen LogP contribution in [0.25, 0.3) is 16.9 Å². The summed E-state index contributed by atoms with van der Waals surface area (Å²) in [6.07, 6.45) is 7.00. The van der Waals surface area contributed by atoms with Gasteiger partial charge in [0.2, 0.25) is 5.91 Å². The molecule has 3 N–H and O–H groups in total. The van der Waals surface area contributed by atoms with Gasteiger partial charge in [-0.2, -0.15) is 5.10 Å². The fraction of sp³-hybridized carbons (Fsp3) is 0.241. The Morgan fingerprint density at radius 3 is 2.65 bits per heavy atom. The molecule has 8 heteroatoms. The molecule has 1 unspecified atom stereocenters. The molecule has 2 amide bonds. The Kier molecular flexibility index (Phi) is 7.37. The van der Waals surface area contributed by atoms with Crippen LogP contribution in [0.3, 0.4) is 0 Å². The number of amides is 2. The Morgan fingerprint density at radius 2 is 1.86 bits per heavy atom. The lowest BCUT2D eigenvalue weighted by atomic mass is 9.97. The molecular formula is C29H30N6O2. The molecule has 1 saturated heterocycles. The number of nitrogens with two attached hydrogens (primary N) is 1. The van der Waals surface area contributed by atoms with Gasteiger partial charge >= 0.3 is 0 Å². The molecule has 5 rings (SSSR count). The average molecular weight is 495 g/mol. The number of likely N-dealkylation sites (tertiary alicyclic amines) is 1. The van der Waals surface area contributed by atoms with Crippen molar-refractivity contribution < 1.29 is 9.59 Å². The largest absolute Gasteiger partial charge is 0.369 e. The number of nitrogens with zero attached hydrogens (tertiary/aromatic N) is 4. The first-order chi connectivity index (χ1) is 18.1. The molecule has 1 aliphatic heterocycles. The Morgan fingerprint density at radius 1 is 1.03 bits per heavy atom. The van der Waals surface area contributed by atoms with Crippen molar-refractivity contribution in [3.05, 3.63) is 102 Å². The van der Waals surface area contributed by atoms with Crippen LogP contribution in [0.1, 0.15) is 34.3 Å². The first kappa shape index (κ1) is 24.4. The van der Waals surface area contributed by atoms with Gasteiger partial charge in [-0.15, -0.1) is 0 Å². The zero-order valence-electron chi connectivity index (χ0n) is 20.6. The number of piperidine rings is 1. The van der Waals surface area contributed by atoms with E-state index in [1.54, 1.807) is 23.3 Å². The van der Waals surface area contributed by atoms with Gasteiger partial charge in [-0.3, -0.25) is 19.5 Å². The van der Waals surface area contributed by atoms with Crippen molar-refractivity contribution in [1.82, 2.24) is 25.0 Å². The molecule has 3 heterocycles. The lowest BCUT2D eigenvalue weighted by Crippen LogP contribution is -2.40. The van der Waals surface area contributed by atoms with Crippen LogP contribution < -0.4 is 11.1 Å². The van der Waals surface area contributed by atoms with Crippen LogP contribution in [0.5, 0.6) is 0 Å². The van der Waals surface area contributed by atoms with E-state index in [1.165, 1.54) is 0 Å². The molecule has 2 aromatic carbocycles. The minimum absolute atomic E-state index is 0.0815. The van der Waals surface area contributed by atoms with Crippen LogP contribution in [-0.4, -0.2) is 44.6 Å².